The number of likely N-dealkylation sites (tertiary alicyclic amines) is 1. The van der Waals surface area contributed by atoms with E-state index < -0.39 is 0 Å². The van der Waals surface area contributed by atoms with Crippen LogP contribution in [0, 0.1) is 0 Å². The van der Waals surface area contributed by atoms with Crippen molar-refractivity contribution in [2.75, 3.05) is 24.1 Å². The monoisotopic (exact) mass is 245 g/mol. The first-order valence-electron chi connectivity index (χ1n) is 6.68. The SMILES string of the molecule is Nc1cccc2c1CC(N1CCCCC1)C(=O)N2. The Balaban J connectivity index is 1.86. The Labute approximate surface area is 107 Å². The summed E-state index contributed by atoms with van der Waals surface area (Å²) in [7, 11) is 0. The number of rotatable bonds is 1. The standard InChI is InChI=1S/C14H19N3O/c15-11-5-4-6-12-10(11)9-13(14(18)16-12)17-7-2-1-3-8-17/h4-6,13H,1-3,7-9,15H2,(H,16,18). The minimum absolute atomic E-state index is 0.0394. The van der Waals surface area contributed by atoms with Crippen LogP contribution in [0.25, 0.3) is 0 Å². The number of carbonyl (C=O) groups excluding carboxylic acids is 1. The second kappa shape index (κ2) is 4.61. The maximum atomic E-state index is 12.2. The molecule has 1 aromatic carbocycles. The molecule has 4 nitrogen and oxygen atoms in total. The third kappa shape index (κ3) is 1.97. The Kier molecular flexibility index (Phi) is 2.96. The summed E-state index contributed by atoms with van der Waals surface area (Å²) >= 11 is 0. The molecule has 1 aromatic rings. The van der Waals surface area contributed by atoms with Crippen molar-refractivity contribution in [1.29, 1.82) is 0 Å². The van der Waals surface area contributed by atoms with Gasteiger partial charge < -0.3 is 11.1 Å². The van der Waals surface area contributed by atoms with Crippen LogP contribution in [-0.2, 0) is 11.2 Å². The quantitative estimate of drug-likeness (QED) is 0.739. The van der Waals surface area contributed by atoms with Gasteiger partial charge in [-0.2, -0.15) is 0 Å². The molecule has 0 saturated carbocycles. The fourth-order valence-electron chi connectivity index (χ4n) is 2.98. The lowest BCUT2D eigenvalue weighted by Gasteiger charge is -2.36. The zero-order chi connectivity index (χ0) is 12.5. The van der Waals surface area contributed by atoms with Gasteiger partial charge in [0.15, 0.2) is 0 Å². The Morgan fingerprint density at radius 3 is 2.78 bits per heavy atom. The van der Waals surface area contributed by atoms with E-state index in [0.29, 0.717) is 0 Å². The number of amides is 1. The molecule has 3 rings (SSSR count). The summed E-state index contributed by atoms with van der Waals surface area (Å²) in [5.74, 6) is 0.120. The molecule has 1 unspecified atom stereocenters. The highest BCUT2D eigenvalue weighted by molar-refractivity contribution is 5.99. The lowest BCUT2D eigenvalue weighted by atomic mass is 9.95. The van der Waals surface area contributed by atoms with E-state index >= 15 is 0 Å². The number of nitrogens with one attached hydrogen (secondary N) is 1. The molecule has 96 valence electrons. The molecule has 0 bridgehead atoms. The number of carbonyl (C=O) groups is 1. The van der Waals surface area contributed by atoms with Gasteiger partial charge in [0.25, 0.3) is 0 Å². The van der Waals surface area contributed by atoms with E-state index in [9.17, 15) is 4.79 Å². The molecular formula is C14H19N3O. The van der Waals surface area contributed by atoms with E-state index in [-0.39, 0.29) is 11.9 Å². The fraction of sp³-hybridized carbons (Fsp3) is 0.500. The molecule has 18 heavy (non-hydrogen) atoms. The molecule has 2 aliphatic rings. The number of benzene rings is 1. The molecular weight excluding hydrogens is 226 g/mol. The number of fused-ring (bicyclic) bond motifs is 1. The Morgan fingerprint density at radius 2 is 2.00 bits per heavy atom. The zero-order valence-corrected chi connectivity index (χ0v) is 10.5. The van der Waals surface area contributed by atoms with Crippen molar-refractivity contribution in [1.82, 2.24) is 4.90 Å². The number of nitrogens with zero attached hydrogens (tertiary/aromatic N) is 1. The van der Waals surface area contributed by atoms with Gasteiger partial charge >= 0.3 is 0 Å². The molecule has 4 heteroatoms. The average Bonchev–Trinajstić information content (AvgIpc) is 2.39. The number of nitrogen functional groups attached to an aromatic ring is 1. The van der Waals surface area contributed by atoms with Gasteiger partial charge in [0, 0.05) is 23.4 Å². The molecule has 0 aliphatic carbocycles. The first-order valence-corrected chi connectivity index (χ1v) is 6.68. The van der Waals surface area contributed by atoms with Crippen molar-refractivity contribution in [2.24, 2.45) is 0 Å². The van der Waals surface area contributed by atoms with Gasteiger partial charge in [-0.05, 0) is 38.1 Å². The molecule has 1 fully saturated rings. The predicted octanol–water partition coefficient (Wildman–Crippen LogP) is 1.62. The van der Waals surface area contributed by atoms with E-state index in [4.69, 9.17) is 5.73 Å². The van der Waals surface area contributed by atoms with Crippen LogP contribution >= 0.6 is 0 Å². The highest BCUT2D eigenvalue weighted by Gasteiger charge is 2.32. The lowest BCUT2D eigenvalue weighted by molar-refractivity contribution is -0.122. The molecule has 0 spiro atoms. The summed E-state index contributed by atoms with van der Waals surface area (Å²) in [5, 5.41) is 2.99. The topological polar surface area (TPSA) is 58.4 Å². The predicted molar refractivity (Wildman–Crippen MR) is 72.4 cm³/mol. The first-order chi connectivity index (χ1) is 8.75. The molecule has 0 radical (unpaired) electrons. The summed E-state index contributed by atoms with van der Waals surface area (Å²) in [4.78, 5) is 14.5. The van der Waals surface area contributed by atoms with E-state index in [1.807, 2.05) is 18.2 Å². The van der Waals surface area contributed by atoms with Gasteiger partial charge in [-0.1, -0.05) is 12.5 Å². The third-order valence-electron chi connectivity index (χ3n) is 4.00. The van der Waals surface area contributed by atoms with Gasteiger partial charge in [0.1, 0.15) is 0 Å². The molecule has 1 atom stereocenters. The number of piperidine rings is 1. The Bertz CT molecular complexity index is 466. The molecule has 1 amide bonds. The highest BCUT2D eigenvalue weighted by Crippen LogP contribution is 2.30. The summed E-state index contributed by atoms with van der Waals surface area (Å²) in [6.07, 6.45) is 4.42. The highest BCUT2D eigenvalue weighted by atomic mass is 16.2. The molecule has 2 aliphatic heterocycles. The van der Waals surface area contributed by atoms with Gasteiger partial charge in [-0.25, -0.2) is 0 Å². The van der Waals surface area contributed by atoms with Crippen LogP contribution in [0.15, 0.2) is 18.2 Å². The van der Waals surface area contributed by atoms with Crippen LogP contribution in [0.3, 0.4) is 0 Å². The average molecular weight is 245 g/mol. The molecule has 2 heterocycles. The van der Waals surface area contributed by atoms with E-state index in [2.05, 4.69) is 10.2 Å². The zero-order valence-electron chi connectivity index (χ0n) is 10.5. The Hall–Kier alpha value is -1.55. The Morgan fingerprint density at radius 1 is 1.22 bits per heavy atom. The number of anilines is 2. The van der Waals surface area contributed by atoms with Crippen LogP contribution in [0.4, 0.5) is 11.4 Å². The van der Waals surface area contributed by atoms with Crippen LogP contribution in [0.2, 0.25) is 0 Å². The maximum Gasteiger partial charge on any atom is 0.242 e. The van der Waals surface area contributed by atoms with Crippen LogP contribution in [-0.4, -0.2) is 29.9 Å². The van der Waals surface area contributed by atoms with Gasteiger partial charge in [-0.3, -0.25) is 9.69 Å². The van der Waals surface area contributed by atoms with Crippen molar-refractivity contribution < 1.29 is 4.79 Å². The van der Waals surface area contributed by atoms with Crippen LogP contribution in [0.5, 0.6) is 0 Å². The molecule has 0 aromatic heterocycles. The second-order valence-corrected chi connectivity index (χ2v) is 5.18. The minimum atomic E-state index is -0.0394. The number of hydrogen-bond acceptors (Lipinski definition) is 3. The van der Waals surface area contributed by atoms with E-state index in [0.717, 1.165) is 36.4 Å². The largest absolute Gasteiger partial charge is 0.398 e. The first kappa shape index (κ1) is 11.5. The number of nitrogens with two attached hydrogens (primary N) is 1. The number of hydrogen-bond donors (Lipinski definition) is 2. The van der Waals surface area contributed by atoms with E-state index in [1.165, 1.54) is 19.3 Å². The summed E-state index contributed by atoms with van der Waals surface area (Å²) in [6, 6.07) is 5.68. The molecule has 1 saturated heterocycles. The van der Waals surface area contributed by atoms with Gasteiger partial charge in [0.2, 0.25) is 5.91 Å². The van der Waals surface area contributed by atoms with Crippen molar-refractivity contribution >= 4 is 17.3 Å². The van der Waals surface area contributed by atoms with E-state index in [1.54, 1.807) is 0 Å². The smallest absolute Gasteiger partial charge is 0.242 e. The van der Waals surface area contributed by atoms with Crippen molar-refractivity contribution in [3.05, 3.63) is 23.8 Å². The second-order valence-electron chi connectivity index (χ2n) is 5.18. The maximum absolute atomic E-state index is 12.2. The van der Waals surface area contributed by atoms with Crippen LogP contribution < -0.4 is 11.1 Å². The van der Waals surface area contributed by atoms with Crippen LogP contribution in [0.1, 0.15) is 24.8 Å². The minimum Gasteiger partial charge on any atom is -0.398 e. The van der Waals surface area contributed by atoms with Crippen molar-refractivity contribution in [3.8, 4) is 0 Å². The van der Waals surface area contributed by atoms with Crippen molar-refractivity contribution in [3.63, 3.8) is 0 Å². The lowest BCUT2D eigenvalue weighted by Crippen LogP contribution is -2.49. The van der Waals surface area contributed by atoms with Gasteiger partial charge in [-0.15, -0.1) is 0 Å². The third-order valence-corrected chi connectivity index (χ3v) is 4.00. The molecule has 3 N–H and O–H groups in total. The summed E-state index contributed by atoms with van der Waals surface area (Å²) < 4.78 is 0. The van der Waals surface area contributed by atoms with Crippen molar-refractivity contribution in [2.45, 2.75) is 31.7 Å². The van der Waals surface area contributed by atoms with Gasteiger partial charge in [0.05, 0.1) is 6.04 Å². The summed E-state index contributed by atoms with van der Waals surface area (Å²) in [5.41, 5.74) is 8.77. The normalized spacial score (nSPS) is 24.4. The fourth-order valence-corrected chi connectivity index (χ4v) is 2.98. The summed E-state index contributed by atoms with van der Waals surface area (Å²) in [6.45, 7) is 2.06.